The Kier molecular flexibility index (Phi) is 6.81. The van der Waals surface area contributed by atoms with E-state index in [-0.39, 0.29) is 10.8 Å². The first-order valence-electron chi connectivity index (χ1n) is 10.8. The molecule has 0 saturated carbocycles. The normalized spacial score (nSPS) is 11.5. The van der Waals surface area contributed by atoms with Crippen molar-refractivity contribution in [2.45, 2.75) is 31.7 Å². The smallest absolute Gasteiger partial charge is 0.264 e. The van der Waals surface area contributed by atoms with Gasteiger partial charge in [0.15, 0.2) is 0 Å². The highest BCUT2D eigenvalue weighted by molar-refractivity contribution is 7.92. The zero-order chi connectivity index (χ0) is 23.4. The number of fused-ring (bicyclic) bond motifs is 1. The zero-order valence-corrected chi connectivity index (χ0v) is 20.2. The lowest BCUT2D eigenvalue weighted by molar-refractivity contribution is 0.0955. The SMILES string of the molecule is CCCN(c1ccc2sc(C(=O)NCc3ccccc3)cc2c1)S(=O)(=O)c1ccc(C)cc1. The van der Waals surface area contributed by atoms with E-state index >= 15 is 0 Å². The number of benzene rings is 3. The number of nitrogens with zero attached hydrogens (tertiary/aromatic N) is 1. The molecule has 0 aliphatic rings. The molecule has 1 aromatic heterocycles. The van der Waals surface area contributed by atoms with E-state index in [0.717, 1.165) is 21.2 Å². The minimum absolute atomic E-state index is 0.140. The molecule has 0 aliphatic heterocycles. The standard InChI is InChI=1S/C26H26N2O3S2/c1-3-15-28(33(30,31)23-12-9-19(2)10-13-23)22-11-14-24-21(16-22)17-25(32-24)26(29)27-18-20-7-5-4-6-8-20/h4-14,16-17H,3,15,18H2,1-2H3,(H,27,29). The monoisotopic (exact) mass is 478 g/mol. The second-order valence-corrected chi connectivity index (χ2v) is 10.8. The summed E-state index contributed by atoms with van der Waals surface area (Å²) in [5.74, 6) is -0.140. The van der Waals surface area contributed by atoms with Gasteiger partial charge >= 0.3 is 0 Å². The highest BCUT2D eigenvalue weighted by atomic mass is 32.2. The number of hydrogen-bond acceptors (Lipinski definition) is 4. The van der Waals surface area contributed by atoms with Crippen molar-refractivity contribution in [3.05, 3.63) is 94.9 Å². The lowest BCUT2D eigenvalue weighted by Gasteiger charge is -2.24. The zero-order valence-electron chi connectivity index (χ0n) is 18.6. The van der Waals surface area contributed by atoms with Crippen LogP contribution in [0.15, 0.2) is 83.8 Å². The van der Waals surface area contributed by atoms with Crippen LogP contribution in [-0.2, 0) is 16.6 Å². The number of hydrogen-bond donors (Lipinski definition) is 1. The molecule has 1 amide bonds. The van der Waals surface area contributed by atoms with Crippen molar-refractivity contribution in [3.8, 4) is 0 Å². The summed E-state index contributed by atoms with van der Waals surface area (Å²) in [5.41, 5.74) is 2.64. The van der Waals surface area contributed by atoms with Crippen molar-refractivity contribution in [1.82, 2.24) is 5.32 Å². The topological polar surface area (TPSA) is 66.5 Å². The van der Waals surface area contributed by atoms with Gasteiger partial charge in [-0.1, -0.05) is 55.0 Å². The highest BCUT2D eigenvalue weighted by Crippen LogP contribution is 2.32. The van der Waals surface area contributed by atoms with E-state index in [1.54, 1.807) is 24.3 Å². The van der Waals surface area contributed by atoms with E-state index in [2.05, 4.69) is 5.32 Å². The first-order chi connectivity index (χ1) is 15.9. The predicted octanol–water partition coefficient (Wildman–Crippen LogP) is 5.75. The van der Waals surface area contributed by atoms with Gasteiger partial charge in [-0.15, -0.1) is 11.3 Å². The van der Waals surface area contributed by atoms with Crippen LogP contribution in [0.4, 0.5) is 5.69 Å². The Morgan fingerprint density at radius 1 is 0.970 bits per heavy atom. The summed E-state index contributed by atoms with van der Waals surface area (Å²) in [7, 11) is -3.69. The van der Waals surface area contributed by atoms with Crippen molar-refractivity contribution in [3.63, 3.8) is 0 Å². The molecule has 0 aliphatic carbocycles. The average molecular weight is 479 g/mol. The van der Waals surface area contributed by atoms with Gasteiger partial charge < -0.3 is 5.32 Å². The van der Waals surface area contributed by atoms with Crippen LogP contribution in [-0.4, -0.2) is 20.9 Å². The molecule has 0 radical (unpaired) electrons. The summed E-state index contributed by atoms with van der Waals surface area (Å²) in [6.45, 7) is 4.71. The van der Waals surface area contributed by atoms with Crippen LogP contribution in [0, 0.1) is 6.92 Å². The van der Waals surface area contributed by atoms with Gasteiger partial charge in [0.25, 0.3) is 15.9 Å². The molecule has 4 aromatic rings. The molecule has 1 N–H and O–H groups in total. The van der Waals surface area contributed by atoms with Gasteiger partial charge in [0.1, 0.15) is 0 Å². The van der Waals surface area contributed by atoms with Crippen molar-refractivity contribution >= 4 is 43.0 Å². The van der Waals surface area contributed by atoms with Crippen molar-refractivity contribution in [2.75, 3.05) is 10.8 Å². The molecule has 33 heavy (non-hydrogen) atoms. The summed E-state index contributed by atoms with van der Waals surface area (Å²) >= 11 is 1.40. The Bertz CT molecular complexity index is 1360. The van der Waals surface area contributed by atoms with Gasteiger partial charge in [-0.2, -0.15) is 0 Å². The Labute approximate surface area is 198 Å². The number of rotatable bonds is 8. The van der Waals surface area contributed by atoms with E-state index in [0.29, 0.717) is 30.1 Å². The third kappa shape index (κ3) is 5.10. The molecule has 0 bridgehead atoms. The van der Waals surface area contributed by atoms with Crippen LogP contribution in [0.1, 0.15) is 34.1 Å². The van der Waals surface area contributed by atoms with Crippen molar-refractivity contribution < 1.29 is 13.2 Å². The molecule has 7 heteroatoms. The third-order valence-corrected chi connectivity index (χ3v) is 8.30. The number of anilines is 1. The van der Waals surface area contributed by atoms with E-state index in [4.69, 9.17) is 0 Å². The molecular weight excluding hydrogens is 452 g/mol. The number of amides is 1. The van der Waals surface area contributed by atoms with Crippen LogP contribution in [0.5, 0.6) is 0 Å². The maximum atomic E-state index is 13.4. The van der Waals surface area contributed by atoms with E-state index in [9.17, 15) is 13.2 Å². The van der Waals surface area contributed by atoms with Crippen LogP contribution in [0.25, 0.3) is 10.1 Å². The van der Waals surface area contributed by atoms with Crippen molar-refractivity contribution in [2.24, 2.45) is 0 Å². The molecule has 0 fully saturated rings. The van der Waals surface area contributed by atoms with E-state index in [1.807, 2.05) is 68.4 Å². The number of carbonyl (C=O) groups excluding carboxylic acids is 1. The molecule has 0 saturated heterocycles. The molecule has 0 atom stereocenters. The lowest BCUT2D eigenvalue weighted by atomic mass is 10.2. The summed E-state index contributed by atoms with van der Waals surface area (Å²) in [4.78, 5) is 13.5. The van der Waals surface area contributed by atoms with Gasteiger partial charge in [-0.05, 0) is 60.7 Å². The molecule has 5 nitrogen and oxygen atoms in total. The second-order valence-electron chi connectivity index (χ2n) is 7.89. The fourth-order valence-electron chi connectivity index (χ4n) is 3.59. The first kappa shape index (κ1) is 23.0. The Morgan fingerprint density at radius 3 is 2.39 bits per heavy atom. The van der Waals surface area contributed by atoms with Gasteiger partial charge in [0.05, 0.1) is 15.5 Å². The highest BCUT2D eigenvalue weighted by Gasteiger charge is 2.24. The number of nitrogens with one attached hydrogen (secondary N) is 1. The van der Waals surface area contributed by atoms with Gasteiger partial charge in [-0.3, -0.25) is 9.10 Å². The fraction of sp³-hybridized carbons (Fsp3) is 0.192. The van der Waals surface area contributed by atoms with Gasteiger partial charge in [0.2, 0.25) is 0 Å². The summed E-state index contributed by atoms with van der Waals surface area (Å²) < 4.78 is 29.1. The molecule has 0 spiro atoms. The molecule has 3 aromatic carbocycles. The first-order valence-corrected chi connectivity index (χ1v) is 13.1. The molecule has 1 heterocycles. The maximum Gasteiger partial charge on any atom is 0.264 e. The van der Waals surface area contributed by atoms with Gasteiger partial charge in [0, 0.05) is 17.8 Å². The fourth-order valence-corrected chi connectivity index (χ4v) is 6.10. The largest absolute Gasteiger partial charge is 0.347 e. The average Bonchev–Trinajstić information content (AvgIpc) is 3.25. The number of thiophene rings is 1. The minimum atomic E-state index is -3.69. The molecular formula is C26H26N2O3S2. The molecule has 170 valence electrons. The summed E-state index contributed by atoms with van der Waals surface area (Å²) in [6.07, 6.45) is 0.680. The molecule has 0 unspecified atom stereocenters. The maximum absolute atomic E-state index is 13.4. The summed E-state index contributed by atoms with van der Waals surface area (Å²) in [6, 6.07) is 24.0. The van der Waals surface area contributed by atoms with E-state index < -0.39 is 10.0 Å². The van der Waals surface area contributed by atoms with Gasteiger partial charge in [-0.25, -0.2) is 8.42 Å². The third-order valence-electron chi connectivity index (χ3n) is 5.34. The Balaban J connectivity index is 1.60. The lowest BCUT2D eigenvalue weighted by Crippen LogP contribution is -2.31. The Morgan fingerprint density at radius 2 is 1.70 bits per heavy atom. The van der Waals surface area contributed by atoms with Crippen molar-refractivity contribution in [1.29, 1.82) is 0 Å². The number of aryl methyl sites for hydroxylation is 1. The predicted molar refractivity (Wildman–Crippen MR) is 135 cm³/mol. The van der Waals surface area contributed by atoms with Crippen LogP contribution in [0.2, 0.25) is 0 Å². The quantitative estimate of drug-likeness (QED) is 0.351. The summed E-state index contributed by atoms with van der Waals surface area (Å²) in [5, 5.41) is 3.80. The second kappa shape index (κ2) is 9.77. The van der Waals surface area contributed by atoms with Crippen LogP contribution >= 0.6 is 11.3 Å². The minimum Gasteiger partial charge on any atom is -0.347 e. The van der Waals surface area contributed by atoms with Crippen LogP contribution < -0.4 is 9.62 Å². The van der Waals surface area contributed by atoms with Crippen LogP contribution in [0.3, 0.4) is 0 Å². The van der Waals surface area contributed by atoms with E-state index in [1.165, 1.54) is 15.6 Å². The Hall–Kier alpha value is -3.16. The number of sulfonamides is 1. The number of carbonyl (C=O) groups is 1. The molecule has 4 rings (SSSR count).